The third-order valence-electron chi connectivity index (χ3n) is 4.45. The van der Waals surface area contributed by atoms with Crippen molar-refractivity contribution in [3.8, 4) is 0 Å². The molecule has 20 heavy (non-hydrogen) atoms. The molecule has 0 unspecified atom stereocenters. The molecular formula is C14H22ClN5. The fourth-order valence-electron chi connectivity index (χ4n) is 3.07. The third-order valence-corrected chi connectivity index (χ3v) is 4.62. The molecule has 0 bridgehead atoms. The topological polar surface area (TPSA) is 45.2 Å². The minimum Gasteiger partial charge on any atom is -0.341 e. The number of nitrogens with zero attached hydrogens (tertiary/aromatic N) is 5. The van der Waals surface area contributed by atoms with E-state index in [4.69, 9.17) is 11.6 Å². The molecule has 2 aliphatic heterocycles. The van der Waals surface area contributed by atoms with E-state index in [-0.39, 0.29) is 0 Å². The van der Waals surface area contributed by atoms with Crippen molar-refractivity contribution in [2.75, 3.05) is 36.0 Å². The summed E-state index contributed by atoms with van der Waals surface area (Å²) in [4.78, 5) is 17.7. The predicted molar refractivity (Wildman–Crippen MR) is 81.5 cm³/mol. The van der Waals surface area contributed by atoms with Crippen LogP contribution in [0.3, 0.4) is 0 Å². The molecule has 2 fully saturated rings. The Morgan fingerprint density at radius 1 is 0.950 bits per heavy atom. The summed E-state index contributed by atoms with van der Waals surface area (Å²) in [5.74, 6) is 2.35. The van der Waals surface area contributed by atoms with E-state index in [1.165, 1.54) is 32.1 Å². The molecule has 0 aromatic carbocycles. The van der Waals surface area contributed by atoms with E-state index in [1.807, 2.05) is 0 Å². The summed E-state index contributed by atoms with van der Waals surface area (Å²) < 4.78 is 0. The molecule has 110 valence electrons. The normalized spacial score (nSPS) is 20.7. The SMILES string of the molecule is CCC1CCN(c2nc(Cl)nc(N3CCCC3)n2)CC1. The van der Waals surface area contributed by atoms with E-state index >= 15 is 0 Å². The van der Waals surface area contributed by atoms with Gasteiger partial charge in [-0.2, -0.15) is 15.0 Å². The van der Waals surface area contributed by atoms with Gasteiger partial charge in [0.25, 0.3) is 0 Å². The third kappa shape index (κ3) is 2.97. The van der Waals surface area contributed by atoms with Crippen LogP contribution < -0.4 is 9.80 Å². The minimum atomic E-state index is 0.314. The van der Waals surface area contributed by atoms with Crippen LogP contribution in [0.4, 0.5) is 11.9 Å². The van der Waals surface area contributed by atoms with Crippen LogP contribution in [-0.4, -0.2) is 41.1 Å². The molecule has 3 rings (SSSR count). The van der Waals surface area contributed by atoms with Crippen LogP contribution in [0.5, 0.6) is 0 Å². The first kappa shape index (κ1) is 13.9. The van der Waals surface area contributed by atoms with Gasteiger partial charge in [-0.05, 0) is 43.2 Å². The zero-order valence-corrected chi connectivity index (χ0v) is 12.8. The minimum absolute atomic E-state index is 0.314. The van der Waals surface area contributed by atoms with Crippen molar-refractivity contribution in [1.82, 2.24) is 15.0 Å². The first-order valence-corrected chi connectivity index (χ1v) is 8.05. The van der Waals surface area contributed by atoms with Gasteiger partial charge < -0.3 is 9.80 Å². The van der Waals surface area contributed by atoms with E-state index in [9.17, 15) is 0 Å². The first-order valence-electron chi connectivity index (χ1n) is 7.67. The van der Waals surface area contributed by atoms with Crippen LogP contribution >= 0.6 is 11.6 Å². The number of piperidine rings is 1. The molecule has 0 saturated carbocycles. The maximum Gasteiger partial charge on any atom is 0.231 e. The van der Waals surface area contributed by atoms with Crippen LogP contribution in [-0.2, 0) is 0 Å². The highest BCUT2D eigenvalue weighted by Crippen LogP contribution is 2.25. The van der Waals surface area contributed by atoms with Gasteiger partial charge in [0.05, 0.1) is 0 Å². The van der Waals surface area contributed by atoms with Crippen LogP contribution in [0.25, 0.3) is 0 Å². The summed E-state index contributed by atoms with van der Waals surface area (Å²) in [6, 6.07) is 0. The fraction of sp³-hybridized carbons (Fsp3) is 0.786. The molecule has 0 aliphatic carbocycles. The Hall–Kier alpha value is -1.10. The van der Waals surface area contributed by atoms with Crippen LogP contribution in [0, 0.1) is 5.92 Å². The smallest absolute Gasteiger partial charge is 0.231 e. The lowest BCUT2D eigenvalue weighted by atomic mass is 9.95. The van der Waals surface area contributed by atoms with Gasteiger partial charge in [0.15, 0.2) is 0 Å². The highest BCUT2D eigenvalue weighted by atomic mass is 35.5. The Morgan fingerprint density at radius 3 is 2.05 bits per heavy atom. The van der Waals surface area contributed by atoms with Gasteiger partial charge in [-0.25, -0.2) is 0 Å². The molecule has 6 heteroatoms. The van der Waals surface area contributed by atoms with Gasteiger partial charge in [-0.1, -0.05) is 13.3 Å². The van der Waals surface area contributed by atoms with Gasteiger partial charge >= 0.3 is 0 Å². The van der Waals surface area contributed by atoms with Crippen LogP contribution in [0.15, 0.2) is 0 Å². The maximum atomic E-state index is 6.09. The van der Waals surface area contributed by atoms with Crippen molar-refractivity contribution in [3.63, 3.8) is 0 Å². The summed E-state index contributed by atoms with van der Waals surface area (Å²) >= 11 is 6.09. The van der Waals surface area contributed by atoms with Gasteiger partial charge in [0, 0.05) is 26.2 Å². The zero-order chi connectivity index (χ0) is 13.9. The highest BCUT2D eigenvalue weighted by Gasteiger charge is 2.22. The molecular weight excluding hydrogens is 274 g/mol. The van der Waals surface area contributed by atoms with Crippen LogP contribution in [0.1, 0.15) is 39.0 Å². The van der Waals surface area contributed by atoms with E-state index in [1.54, 1.807) is 0 Å². The Labute approximate surface area is 125 Å². The molecule has 0 amide bonds. The Morgan fingerprint density at radius 2 is 1.50 bits per heavy atom. The number of rotatable bonds is 3. The number of aromatic nitrogens is 3. The average molecular weight is 296 g/mol. The predicted octanol–water partition coefficient (Wildman–Crippen LogP) is 2.75. The Bertz CT molecular complexity index is 453. The quantitative estimate of drug-likeness (QED) is 0.858. The molecule has 2 saturated heterocycles. The molecule has 1 aromatic heterocycles. The number of hydrogen-bond donors (Lipinski definition) is 0. The first-order chi connectivity index (χ1) is 9.76. The molecule has 0 radical (unpaired) electrons. The van der Waals surface area contributed by atoms with Gasteiger partial charge in [0.2, 0.25) is 17.2 Å². The van der Waals surface area contributed by atoms with Crippen LogP contribution in [0.2, 0.25) is 5.28 Å². The van der Waals surface area contributed by atoms with E-state index in [0.717, 1.165) is 44.0 Å². The number of hydrogen-bond acceptors (Lipinski definition) is 5. The standard InChI is InChI=1S/C14H22ClN5/c1-2-11-5-9-20(10-6-11)14-17-12(15)16-13(18-14)19-7-3-4-8-19/h11H,2-10H2,1H3. The van der Waals surface area contributed by atoms with Gasteiger partial charge in [-0.3, -0.25) is 0 Å². The van der Waals surface area contributed by atoms with E-state index in [2.05, 4.69) is 31.7 Å². The summed E-state index contributed by atoms with van der Waals surface area (Å²) in [5, 5.41) is 0.314. The van der Waals surface area contributed by atoms with Crippen molar-refractivity contribution in [2.45, 2.75) is 39.0 Å². The van der Waals surface area contributed by atoms with E-state index < -0.39 is 0 Å². The molecule has 0 atom stereocenters. The lowest BCUT2D eigenvalue weighted by Crippen LogP contribution is -2.35. The lowest BCUT2D eigenvalue weighted by molar-refractivity contribution is 0.392. The molecule has 0 spiro atoms. The lowest BCUT2D eigenvalue weighted by Gasteiger charge is -2.31. The molecule has 2 aliphatic rings. The Balaban J connectivity index is 1.76. The molecule has 3 heterocycles. The monoisotopic (exact) mass is 295 g/mol. The van der Waals surface area contributed by atoms with Crippen molar-refractivity contribution in [2.24, 2.45) is 5.92 Å². The molecule has 1 aromatic rings. The van der Waals surface area contributed by atoms with E-state index in [0.29, 0.717) is 5.28 Å². The zero-order valence-electron chi connectivity index (χ0n) is 12.1. The maximum absolute atomic E-state index is 6.09. The van der Waals surface area contributed by atoms with Crippen molar-refractivity contribution in [3.05, 3.63) is 5.28 Å². The van der Waals surface area contributed by atoms with Gasteiger partial charge in [-0.15, -0.1) is 0 Å². The fourth-order valence-corrected chi connectivity index (χ4v) is 3.22. The van der Waals surface area contributed by atoms with Gasteiger partial charge in [0.1, 0.15) is 0 Å². The second-order valence-corrected chi connectivity index (χ2v) is 6.08. The largest absolute Gasteiger partial charge is 0.341 e. The molecule has 5 nitrogen and oxygen atoms in total. The second-order valence-electron chi connectivity index (χ2n) is 5.74. The summed E-state index contributed by atoms with van der Waals surface area (Å²) in [6.07, 6.45) is 6.13. The Kier molecular flexibility index (Phi) is 4.24. The van der Waals surface area contributed by atoms with Crippen molar-refractivity contribution < 1.29 is 0 Å². The summed E-state index contributed by atoms with van der Waals surface area (Å²) in [7, 11) is 0. The second kappa shape index (κ2) is 6.12. The summed E-state index contributed by atoms with van der Waals surface area (Å²) in [6.45, 7) is 6.37. The van der Waals surface area contributed by atoms with Crippen molar-refractivity contribution in [1.29, 1.82) is 0 Å². The molecule has 0 N–H and O–H groups in total. The summed E-state index contributed by atoms with van der Waals surface area (Å²) in [5.41, 5.74) is 0. The average Bonchev–Trinajstić information content (AvgIpc) is 3.01. The highest BCUT2D eigenvalue weighted by molar-refractivity contribution is 6.28. The van der Waals surface area contributed by atoms with Crippen molar-refractivity contribution >= 4 is 23.5 Å². The number of halogens is 1. The number of anilines is 2.